The number of benzene rings is 1. The van der Waals surface area contributed by atoms with Crippen LogP contribution in [0.25, 0.3) is 0 Å². The lowest BCUT2D eigenvalue weighted by molar-refractivity contribution is 0.309. The van der Waals surface area contributed by atoms with Gasteiger partial charge in [-0.2, -0.15) is 4.31 Å². The predicted molar refractivity (Wildman–Crippen MR) is 131 cm³/mol. The highest BCUT2D eigenvalue weighted by molar-refractivity contribution is 7.89. The Labute approximate surface area is 197 Å². The van der Waals surface area contributed by atoms with Crippen molar-refractivity contribution >= 4 is 21.7 Å². The standard InChI is InChI=1S/C24H35N5O3S/c1-2-3-20-32-21-8-10-22(11-9-21)33(30,31)29-18-16-28(17-19-29)24-13-12-23(25-26-24)27-14-6-4-5-7-15-27/h8-13H,2-7,14-20H2,1H3. The lowest BCUT2D eigenvalue weighted by Crippen LogP contribution is -2.49. The van der Waals surface area contributed by atoms with Crippen molar-refractivity contribution in [1.82, 2.24) is 14.5 Å². The Kier molecular flexibility index (Phi) is 8.03. The minimum absolute atomic E-state index is 0.306. The van der Waals surface area contributed by atoms with Crippen LogP contribution in [0.3, 0.4) is 0 Å². The van der Waals surface area contributed by atoms with Crippen molar-refractivity contribution in [2.45, 2.75) is 50.3 Å². The second kappa shape index (κ2) is 11.2. The molecule has 8 nitrogen and oxygen atoms in total. The van der Waals surface area contributed by atoms with Crippen LogP contribution in [-0.2, 0) is 10.0 Å². The van der Waals surface area contributed by atoms with Crippen molar-refractivity contribution in [2.75, 3.05) is 55.7 Å². The Balaban J connectivity index is 1.33. The van der Waals surface area contributed by atoms with Gasteiger partial charge in [-0.25, -0.2) is 8.42 Å². The summed E-state index contributed by atoms with van der Waals surface area (Å²) in [6, 6.07) is 10.8. The summed E-state index contributed by atoms with van der Waals surface area (Å²) in [6.07, 6.45) is 7.02. The Bertz CT molecular complexity index is 966. The molecule has 9 heteroatoms. The molecule has 180 valence electrons. The molecule has 1 aromatic carbocycles. The molecule has 1 aromatic heterocycles. The van der Waals surface area contributed by atoms with Gasteiger partial charge in [0, 0.05) is 39.3 Å². The summed E-state index contributed by atoms with van der Waals surface area (Å²) in [6.45, 7) is 6.86. The van der Waals surface area contributed by atoms with E-state index in [-0.39, 0.29) is 0 Å². The summed E-state index contributed by atoms with van der Waals surface area (Å²) < 4.78 is 33.4. The zero-order valence-electron chi connectivity index (χ0n) is 19.5. The Morgan fingerprint density at radius 1 is 0.788 bits per heavy atom. The summed E-state index contributed by atoms with van der Waals surface area (Å²) in [5, 5.41) is 8.91. The highest BCUT2D eigenvalue weighted by Crippen LogP contribution is 2.23. The number of ether oxygens (including phenoxy) is 1. The molecule has 0 amide bonds. The quantitative estimate of drug-likeness (QED) is 0.543. The van der Waals surface area contributed by atoms with Crippen LogP contribution in [0.1, 0.15) is 45.4 Å². The minimum Gasteiger partial charge on any atom is -0.494 e. The van der Waals surface area contributed by atoms with Gasteiger partial charge in [0.2, 0.25) is 10.0 Å². The first kappa shape index (κ1) is 23.8. The van der Waals surface area contributed by atoms with Crippen LogP contribution in [0.4, 0.5) is 11.6 Å². The molecule has 0 radical (unpaired) electrons. The molecule has 0 aliphatic carbocycles. The number of anilines is 2. The number of piperazine rings is 1. The van der Waals surface area contributed by atoms with Gasteiger partial charge in [-0.1, -0.05) is 26.2 Å². The van der Waals surface area contributed by atoms with Crippen LogP contribution >= 0.6 is 0 Å². The van der Waals surface area contributed by atoms with Gasteiger partial charge in [0.15, 0.2) is 11.6 Å². The molecule has 2 fully saturated rings. The van der Waals surface area contributed by atoms with E-state index in [4.69, 9.17) is 4.74 Å². The van der Waals surface area contributed by atoms with Gasteiger partial charge in [0.1, 0.15) is 5.75 Å². The van der Waals surface area contributed by atoms with Gasteiger partial charge < -0.3 is 14.5 Å². The number of hydrogen-bond acceptors (Lipinski definition) is 7. The van der Waals surface area contributed by atoms with Crippen molar-refractivity contribution in [3.05, 3.63) is 36.4 Å². The number of sulfonamides is 1. The van der Waals surface area contributed by atoms with Crippen LogP contribution in [0.2, 0.25) is 0 Å². The molecular weight excluding hydrogens is 438 g/mol. The zero-order valence-corrected chi connectivity index (χ0v) is 20.3. The Morgan fingerprint density at radius 3 is 1.91 bits per heavy atom. The first-order chi connectivity index (χ1) is 16.1. The molecule has 0 bridgehead atoms. The fraction of sp³-hybridized carbons (Fsp3) is 0.583. The maximum absolute atomic E-state index is 13.1. The monoisotopic (exact) mass is 473 g/mol. The van der Waals surface area contributed by atoms with E-state index in [0.29, 0.717) is 43.4 Å². The van der Waals surface area contributed by atoms with Crippen LogP contribution in [0.15, 0.2) is 41.3 Å². The molecule has 0 spiro atoms. The molecule has 3 heterocycles. The summed E-state index contributed by atoms with van der Waals surface area (Å²) >= 11 is 0. The van der Waals surface area contributed by atoms with Gasteiger partial charge in [-0.3, -0.25) is 0 Å². The minimum atomic E-state index is -3.53. The Morgan fingerprint density at radius 2 is 1.36 bits per heavy atom. The van der Waals surface area contributed by atoms with Crippen molar-refractivity contribution in [2.24, 2.45) is 0 Å². The number of hydrogen-bond donors (Lipinski definition) is 0. The normalized spacial score (nSPS) is 18.2. The second-order valence-corrected chi connectivity index (χ2v) is 10.7. The number of unbranched alkanes of at least 4 members (excludes halogenated alkanes) is 1. The maximum atomic E-state index is 13.1. The fourth-order valence-electron chi connectivity index (χ4n) is 4.30. The maximum Gasteiger partial charge on any atom is 0.243 e. The lowest BCUT2D eigenvalue weighted by Gasteiger charge is -2.34. The van der Waals surface area contributed by atoms with Crippen LogP contribution < -0.4 is 14.5 Å². The highest BCUT2D eigenvalue weighted by Gasteiger charge is 2.29. The van der Waals surface area contributed by atoms with E-state index in [1.807, 2.05) is 12.1 Å². The van der Waals surface area contributed by atoms with Gasteiger partial charge in [0.05, 0.1) is 11.5 Å². The molecule has 2 aromatic rings. The lowest BCUT2D eigenvalue weighted by atomic mass is 10.2. The van der Waals surface area contributed by atoms with E-state index < -0.39 is 10.0 Å². The van der Waals surface area contributed by atoms with Gasteiger partial charge in [-0.15, -0.1) is 10.2 Å². The van der Waals surface area contributed by atoms with Crippen molar-refractivity contribution in [3.8, 4) is 5.75 Å². The molecule has 0 saturated carbocycles. The van der Waals surface area contributed by atoms with Crippen LogP contribution in [0, 0.1) is 0 Å². The topological polar surface area (TPSA) is 78.9 Å². The van der Waals surface area contributed by atoms with Gasteiger partial charge in [0.25, 0.3) is 0 Å². The number of nitrogens with zero attached hydrogens (tertiary/aromatic N) is 5. The molecule has 0 N–H and O–H groups in total. The molecule has 0 unspecified atom stereocenters. The summed E-state index contributed by atoms with van der Waals surface area (Å²) in [5.41, 5.74) is 0. The molecule has 33 heavy (non-hydrogen) atoms. The van der Waals surface area contributed by atoms with Crippen molar-refractivity contribution in [1.29, 1.82) is 0 Å². The summed E-state index contributed by atoms with van der Waals surface area (Å²) in [7, 11) is -3.53. The van der Waals surface area contributed by atoms with E-state index in [2.05, 4.69) is 26.9 Å². The third kappa shape index (κ3) is 5.95. The third-order valence-corrected chi connectivity index (χ3v) is 8.27. The number of aromatic nitrogens is 2. The fourth-order valence-corrected chi connectivity index (χ4v) is 5.73. The molecule has 2 aliphatic rings. The smallest absolute Gasteiger partial charge is 0.243 e. The Hall–Kier alpha value is -2.39. The molecule has 2 aliphatic heterocycles. The molecular formula is C24H35N5O3S. The van der Waals surface area contributed by atoms with Gasteiger partial charge in [-0.05, 0) is 55.7 Å². The van der Waals surface area contributed by atoms with E-state index in [1.54, 1.807) is 28.6 Å². The predicted octanol–water partition coefficient (Wildman–Crippen LogP) is 3.55. The number of rotatable bonds is 8. The first-order valence-corrected chi connectivity index (χ1v) is 13.6. The summed E-state index contributed by atoms with van der Waals surface area (Å²) in [5.74, 6) is 2.44. The second-order valence-electron chi connectivity index (χ2n) is 8.72. The van der Waals surface area contributed by atoms with Crippen LogP contribution in [0.5, 0.6) is 5.75 Å². The van der Waals surface area contributed by atoms with E-state index >= 15 is 0 Å². The largest absolute Gasteiger partial charge is 0.494 e. The van der Waals surface area contributed by atoms with Crippen molar-refractivity contribution < 1.29 is 13.2 Å². The van der Waals surface area contributed by atoms with Crippen LogP contribution in [-0.4, -0.2) is 68.8 Å². The molecule has 0 atom stereocenters. The zero-order chi connectivity index (χ0) is 23.1. The molecule has 4 rings (SSSR count). The summed E-state index contributed by atoms with van der Waals surface area (Å²) in [4.78, 5) is 4.73. The SMILES string of the molecule is CCCCOc1ccc(S(=O)(=O)N2CCN(c3ccc(N4CCCCCC4)nn3)CC2)cc1. The highest BCUT2D eigenvalue weighted by atomic mass is 32.2. The van der Waals surface area contributed by atoms with Gasteiger partial charge >= 0.3 is 0 Å². The van der Waals surface area contributed by atoms with E-state index in [9.17, 15) is 8.42 Å². The first-order valence-electron chi connectivity index (χ1n) is 12.1. The van der Waals surface area contributed by atoms with E-state index in [0.717, 1.165) is 37.6 Å². The average molecular weight is 474 g/mol. The third-order valence-electron chi connectivity index (χ3n) is 6.36. The van der Waals surface area contributed by atoms with Crippen molar-refractivity contribution in [3.63, 3.8) is 0 Å². The molecule has 2 saturated heterocycles. The van der Waals surface area contributed by atoms with E-state index in [1.165, 1.54) is 25.7 Å². The average Bonchev–Trinajstić information content (AvgIpc) is 3.15.